The number of thiazole rings is 1. The molecular weight excluding hydrogens is 241 g/mol. The van der Waals surface area contributed by atoms with E-state index >= 15 is 0 Å². The van der Waals surface area contributed by atoms with Gasteiger partial charge in [0.2, 0.25) is 5.88 Å². The second-order valence-electron chi connectivity index (χ2n) is 3.46. The SMILES string of the molecule is CCC(=O)c1sc(-c2cccc(F)c2)nc1O. The first-order valence-corrected chi connectivity index (χ1v) is 5.92. The van der Waals surface area contributed by atoms with Crippen molar-refractivity contribution < 1.29 is 14.3 Å². The minimum atomic E-state index is -0.374. The summed E-state index contributed by atoms with van der Waals surface area (Å²) in [6, 6.07) is 5.89. The predicted molar refractivity (Wildman–Crippen MR) is 63.8 cm³/mol. The van der Waals surface area contributed by atoms with Gasteiger partial charge in [-0.1, -0.05) is 19.1 Å². The van der Waals surface area contributed by atoms with Crippen molar-refractivity contribution in [2.45, 2.75) is 13.3 Å². The molecule has 1 heterocycles. The van der Waals surface area contributed by atoms with E-state index in [1.807, 2.05) is 0 Å². The molecule has 1 aromatic heterocycles. The molecule has 0 saturated heterocycles. The number of hydrogen-bond acceptors (Lipinski definition) is 4. The fraction of sp³-hybridized carbons (Fsp3) is 0.167. The van der Waals surface area contributed by atoms with E-state index in [4.69, 9.17) is 0 Å². The van der Waals surface area contributed by atoms with Crippen molar-refractivity contribution >= 4 is 17.1 Å². The lowest BCUT2D eigenvalue weighted by molar-refractivity contribution is 0.0989. The van der Waals surface area contributed by atoms with E-state index in [1.54, 1.807) is 19.1 Å². The lowest BCUT2D eigenvalue weighted by Gasteiger charge is -1.94. The molecule has 2 rings (SSSR count). The number of carbonyl (C=O) groups is 1. The van der Waals surface area contributed by atoms with Crippen molar-refractivity contribution in [1.82, 2.24) is 4.98 Å². The Balaban J connectivity index is 2.44. The summed E-state index contributed by atoms with van der Waals surface area (Å²) >= 11 is 1.08. The number of halogens is 1. The highest BCUT2D eigenvalue weighted by atomic mass is 32.1. The molecule has 0 fully saturated rings. The first kappa shape index (κ1) is 11.7. The molecule has 0 amide bonds. The molecule has 0 atom stereocenters. The first-order valence-electron chi connectivity index (χ1n) is 5.10. The third-order valence-corrected chi connectivity index (χ3v) is 3.39. The van der Waals surface area contributed by atoms with Crippen LogP contribution in [-0.2, 0) is 0 Å². The van der Waals surface area contributed by atoms with Crippen LogP contribution < -0.4 is 0 Å². The Hall–Kier alpha value is -1.75. The van der Waals surface area contributed by atoms with Crippen LogP contribution in [0.5, 0.6) is 5.88 Å². The zero-order chi connectivity index (χ0) is 12.4. The van der Waals surface area contributed by atoms with E-state index < -0.39 is 0 Å². The number of aromatic hydroxyl groups is 1. The molecule has 0 aliphatic rings. The zero-order valence-corrected chi connectivity index (χ0v) is 9.92. The summed E-state index contributed by atoms with van der Waals surface area (Å²) in [5.41, 5.74) is 0.556. The highest BCUT2D eigenvalue weighted by molar-refractivity contribution is 7.17. The van der Waals surface area contributed by atoms with Crippen LogP contribution in [0.15, 0.2) is 24.3 Å². The third-order valence-electron chi connectivity index (χ3n) is 2.26. The van der Waals surface area contributed by atoms with E-state index in [0.717, 1.165) is 11.3 Å². The fourth-order valence-electron chi connectivity index (χ4n) is 1.40. The molecular formula is C12H10FNO2S. The standard InChI is InChI=1S/C12H10FNO2S/c1-2-9(15)10-11(16)14-12(17-10)7-4-3-5-8(13)6-7/h3-6,16H,2H2,1H3. The molecule has 5 heteroatoms. The van der Waals surface area contributed by atoms with Crippen molar-refractivity contribution in [3.8, 4) is 16.5 Å². The Kier molecular flexibility index (Phi) is 3.19. The first-order chi connectivity index (χ1) is 8.11. The van der Waals surface area contributed by atoms with Gasteiger partial charge in [-0.15, -0.1) is 11.3 Å². The number of aromatic nitrogens is 1. The summed E-state index contributed by atoms with van der Waals surface area (Å²) < 4.78 is 13.0. The van der Waals surface area contributed by atoms with Gasteiger partial charge in [-0.2, -0.15) is 0 Å². The average molecular weight is 251 g/mol. The van der Waals surface area contributed by atoms with Crippen molar-refractivity contribution in [2.24, 2.45) is 0 Å². The number of ketones is 1. The molecule has 17 heavy (non-hydrogen) atoms. The smallest absolute Gasteiger partial charge is 0.233 e. The van der Waals surface area contributed by atoms with Crippen molar-refractivity contribution in [1.29, 1.82) is 0 Å². The van der Waals surface area contributed by atoms with Crippen molar-refractivity contribution in [3.05, 3.63) is 35.0 Å². The number of hydrogen-bond donors (Lipinski definition) is 1. The highest BCUT2D eigenvalue weighted by Crippen LogP contribution is 2.32. The maximum atomic E-state index is 13.0. The zero-order valence-electron chi connectivity index (χ0n) is 9.11. The van der Waals surface area contributed by atoms with Crippen molar-refractivity contribution in [2.75, 3.05) is 0 Å². The van der Waals surface area contributed by atoms with Crippen LogP contribution in [0.3, 0.4) is 0 Å². The summed E-state index contributed by atoms with van der Waals surface area (Å²) in [4.78, 5) is 15.6. The van der Waals surface area contributed by atoms with E-state index in [1.165, 1.54) is 12.1 Å². The number of benzene rings is 1. The Bertz CT molecular complexity index is 565. The van der Waals surface area contributed by atoms with E-state index in [2.05, 4.69) is 4.98 Å². The van der Waals surface area contributed by atoms with Gasteiger partial charge < -0.3 is 5.11 Å². The lowest BCUT2D eigenvalue weighted by atomic mass is 10.2. The maximum absolute atomic E-state index is 13.0. The molecule has 0 bridgehead atoms. The summed E-state index contributed by atoms with van der Waals surface area (Å²) in [5.74, 6) is -0.815. The Labute approximate surface area is 102 Å². The van der Waals surface area contributed by atoms with Gasteiger partial charge in [0.1, 0.15) is 15.7 Å². The number of carbonyl (C=O) groups excluding carboxylic acids is 1. The Morgan fingerprint density at radius 2 is 2.29 bits per heavy atom. The second-order valence-corrected chi connectivity index (χ2v) is 4.46. The van der Waals surface area contributed by atoms with Gasteiger partial charge in [-0.25, -0.2) is 9.37 Å². The highest BCUT2D eigenvalue weighted by Gasteiger charge is 2.17. The van der Waals surface area contributed by atoms with Gasteiger partial charge in [0.05, 0.1) is 0 Å². The summed E-state index contributed by atoms with van der Waals surface area (Å²) in [5, 5.41) is 9.99. The monoisotopic (exact) mass is 251 g/mol. The van der Waals surface area contributed by atoms with Gasteiger partial charge in [0, 0.05) is 12.0 Å². The normalized spacial score (nSPS) is 10.5. The lowest BCUT2D eigenvalue weighted by Crippen LogP contribution is -1.92. The minimum Gasteiger partial charge on any atom is -0.492 e. The van der Waals surface area contributed by atoms with Crippen LogP contribution in [-0.4, -0.2) is 15.9 Å². The molecule has 2 aromatic rings. The molecule has 0 radical (unpaired) electrons. The number of Topliss-reactive ketones (excluding diaryl/α,β-unsaturated/α-hetero) is 1. The van der Waals surface area contributed by atoms with E-state index in [9.17, 15) is 14.3 Å². The Morgan fingerprint density at radius 3 is 2.94 bits per heavy atom. The molecule has 0 saturated carbocycles. The van der Waals surface area contributed by atoms with Crippen LogP contribution in [0.25, 0.3) is 10.6 Å². The molecule has 0 aliphatic carbocycles. The fourth-order valence-corrected chi connectivity index (χ4v) is 2.36. The van der Waals surface area contributed by atoms with E-state index in [0.29, 0.717) is 17.0 Å². The van der Waals surface area contributed by atoms with E-state index in [-0.39, 0.29) is 22.4 Å². The van der Waals surface area contributed by atoms with Crippen LogP contribution in [0, 0.1) is 5.82 Å². The van der Waals surface area contributed by atoms with Gasteiger partial charge in [0.25, 0.3) is 0 Å². The van der Waals surface area contributed by atoms with Gasteiger partial charge >= 0.3 is 0 Å². The van der Waals surface area contributed by atoms with Gasteiger partial charge in [-0.05, 0) is 12.1 Å². The summed E-state index contributed by atoms with van der Waals surface area (Å²) in [6.07, 6.45) is 0.304. The second kappa shape index (κ2) is 4.63. The predicted octanol–water partition coefficient (Wildman–Crippen LogP) is 3.25. The number of nitrogens with zero attached hydrogens (tertiary/aromatic N) is 1. The van der Waals surface area contributed by atoms with Crippen molar-refractivity contribution in [3.63, 3.8) is 0 Å². The molecule has 0 aliphatic heterocycles. The maximum Gasteiger partial charge on any atom is 0.233 e. The topological polar surface area (TPSA) is 50.2 Å². The molecule has 88 valence electrons. The largest absolute Gasteiger partial charge is 0.492 e. The summed E-state index contributed by atoms with van der Waals surface area (Å²) in [6.45, 7) is 1.71. The molecule has 1 aromatic carbocycles. The molecule has 0 unspecified atom stereocenters. The molecule has 0 spiro atoms. The number of rotatable bonds is 3. The van der Waals surface area contributed by atoms with Gasteiger partial charge in [0.15, 0.2) is 5.78 Å². The average Bonchev–Trinajstić information content (AvgIpc) is 2.70. The van der Waals surface area contributed by atoms with Crippen LogP contribution in [0.4, 0.5) is 4.39 Å². The van der Waals surface area contributed by atoms with Crippen LogP contribution in [0.1, 0.15) is 23.0 Å². The quantitative estimate of drug-likeness (QED) is 0.852. The van der Waals surface area contributed by atoms with Crippen LogP contribution in [0.2, 0.25) is 0 Å². The van der Waals surface area contributed by atoms with Crippen LogP contribution >= 0.6 is 11.3 Å². The molecule has 1 N–H and O–H groups in total. The minimum absolute atomic E-state index is 0.164. The third kappa shape index (κ3) is 2.34. The van der Waals surface area contributed by atoms with Gasteiger partial charge in [-0.3, -0.25) is 4.79 Å². The Morgan fingerprint density at radius 1 is 1.53 bits per heavy atom. The molecule has 3 nitrogen and oxygen atoms in total. The summed E-state index contributed by atoms with van der Waals surface area (Å²) in [7, 11) is 0.